The van der Waals surface area contributed by atoms with Crippen molar-refractivity contribution in [2.45, 2.75) is 25.1 Å². The molecule has 0 saturated carbocycles. The van der Waals surface area contributed by atoms with Crippen LogP contribution in [0, 0.1) is 0 Å². The molecule has 0 aromatic heterocycles. The van der Waals surface area contributed by atoms with Gasteiger partial charge in [-0.15, -0.1) is 0 Å². The van der Waals surface area contributed by atoms with E-state index >= 15 is 0 Å². The summed E-state index contributed by atoms with van der Waals surface area (Å²) in [4.78, 5) is 12.8. The third kappa shape index (κ3) is 2.64. The van der Waals surface area contributed by atoms with Gasteiger partial charge >= 0.3 is 6.18 Å². The van der Waals surface area contributed by atoms with Crippen molar-refractivity contribution in [2.24, 2.45) is 0 Å². The van der Waals surface area contributed by atoms with Gasteiger partial charge in [0, 0.05) is 12.1 Å². The van der Waals surface area contributed by atoms with E-state index in [1.165, 1.54) is 17.0 Å². The smallest absolute Gasteiger partial charge is 0.391 e. The van der Waals surface area contributed by atoms with Crippen molar-refractivity contribution in [1.82, 2.24) is 0 Å². The number of aliphatic hydroxyl groups excluding tert-OH is 1. The molecule has 2 rings (SSSR count). The van der Waals surface area contributed by atoms with Crippen LogP contribution >= 0.6 is 0 Å². The van der Waals surface area contributed by atoms with Gasteiger partial charge in [0.2, 0.25) is 5.91 Å². The quantitative estimate of drug-likeness (QED) is 0.839. The normalized spacial score (nSPS) is 21.2. The van der Waals surface area contributed by atoms with Gasteiger partial charge in [0.25, 0.3) is 0 Å². The highest BCUT2D eigenvalue weighted by Crippen LogP contribution is 2.32. The Hall–Kier alpha value is -1.56. The second-order valence-electron chi connectivity index (χ2n) is 4.24. The summed E-state index contributed by atoms with van der Waals surface area (Å²) in [5.74, 6) is -0.264. The van der Waals surface area contributed by atoms with E-state index < -0.39 is 17.8 Å². The highest BCUT2D eigenvalue weighted by Gasteiger charge is 2.32. The Labute approximate surface area is 102 Å². The largest absolute Gasteiger partial charge is 0.416 e. The van der Waals surface area contributed by atoms with Gasteiger partial charge in [0.1, 0.15) is 0 Å². The van der Waals surface area contributed by atoms with Crippen molar-refractivity contribution in [3.63, 3.8) is 0 Å². The first-order valence-electron chi connectivity index (χ1n) is 5.53. The molecule has 1 unspecified atom stereocenters. The fraction of sp³-hybridized carbons (Fsp3) is 0.417. The maximum absolute atomic E-state index is 12.6. The van der Waals surface area contributed by atoms with Gasteiger partial charge in [-0.25, -0.2) is 0 Å². The van der Waals surface area contributed by atoms with Crippen LogP contribution in [0.15, 0.2) is 24.3 Å². The topological polar surface area (TPSA) is 40.5 Å². The molecule has 1 amide bonds. The summed E-state index contributed by atoms with van der Waals surface area (Å²) in [5.41, 5.74) is -0.624. The standard InChI is InChI=1S/C12H12F3NO2/c13-12(14,15)8-2-1-3-9(6-8)16-7-10(17)4-5-11(16)18/h1-3,6,10,17H,4-5,7H2. The minimum atomic E-state index is -4.44. The van der Waals surface area contributed by atoms with Crippen LogP contribution in [0.1, 0.15) is 18.4 Å². The molecular weight excluding hydrogens is 247 g/mol. The molecule has 1 fully saturated rings. The zero-order valence-electron chi connectivity index (χ0n) is 9.44. The van der Waals surface area contributed by atoms with E-state index in [0.717, 1.165) is 12.1 Å². The molecule has 0 aliphatic carbocycles. The number of alkyl halides is 3. The highest BCUT2D eigenvalue weighted by atomic mass is 19.4. The molecule has 3 nitrogen and oxygen atoms in total. The van der Waals surface area contributed by atoms with E-state index in [2.05, 4.69) is 0 Å². The van der Waals surface area contributed by atoms with Crippen molar-refractivity contribution >= 4 is 11.6 Å². The molecule has 1 heterocycles. The fourth-order valence-electron chi connectivity index (χ4n) is 1.93. The SMILES string of the molecule is O=C1CCC(O)CN1c1cccc(C(F)(F)F)c1. The number of carbonyl (C=O) groups excluding carboxylic acids is 1. The second-order valence-corrected chi connectivity index (χ2v) is 4.24. The lowest BCUT2D eigenvalue weighted by molar-refractivity contribution is -0.137. The molecular formula is C12H12F3NO2. The summed E-state index contributed by atoms with van der Waals surface area (Å²) in [6, 6.07) is 4.57. The maximum Gasteiger partial charge on any atom is 0.416 e. The lowest BCUT2D eigenvalue weighted by atomic mass is 10.1. The van der Waals surface area contributed by atoms with E-state index in [9.17, 15) is 23.1 Å². The molecule has 0 radical (unpaired) electrons. The van der Waals surface area contributed by atoms with Crippen molar-refractivity contribution in [1.29, 1.82) is 0 Å². The average Bonchev–Trinajstić information content (AvgIpc) is 2.31. The number of β-amino-alcohol motifs (C(OH)–C–C–N with tert-alkyl or cyclic N) is 1. The molecule has 0 spiro atoms. The molecule has 1 atom stereocenters. The number of anilines is 1. The third-order valence-corrected chi connectivity index (χ3v) is 2.87. The van der Waals surface area contributed by atoms with Crippen molar-refractivity contribution < 1.29 is 23.1 Å². The average molecular weight is 259 g/mol. The van der Waals surface area contributed by atoms with Crippen LogP contribution in [-0.2, 0) is 11.0 Å². The summed E-state index contributed by atoms with van der Waals surface area (Å²) in [5, 5.41) is 9.47. The Balaban J connectivity index is 2.30. The van der Waals surface area contributed by atoms with Crippen LogP contribution in [0.2, 0.25) is 0 Å². The zero-order valence-corrected chi connectivity index (χ0v) is 9.44. The van der Waals surface area contributed by atoms with Gasteiger partial charge in [0.05, 0.1) is 18.2 Å². The molecule has 18 heavy (non-hydrogen) atoms. The summed E-state index contributed by atoms with van der Waals surface area (Å²) in [6.45, 7) is 0.0418. The van der Waals surface area contributed by atoms with Crippen LogP contribution in [0.3, 0.4) is 0 Å². The van der Waals surface area contributed by atoms with Gasteiger partial charge in [-0.1, -0.05) is 6.07 Å². The number of rotatable bonds is 1. The number of hydrogen-bond donors (Lipinski definition) is 1. The maximum atomic E-state index is 12.6. The number of hydrogen-bond acceptors (Lipinski definition) is 2. The Bertz CT molecular complexity index is 459. The number of aliphatic hydroxyl groups is 1. The second kappa shape index (κ2) is 4.61. The molecule has 6 heteroatoms. The van der Waals surface area contributed by atoms with Crippen molar-refractivity contribution in [2.75, 3.05) is 11.4 Å². The monoisotopic (exact) mass is 259 g/mol. The van der Waals surface area contributed by atoms with Gasteiger partial charge < -0.3 is 10.0 Å². The third-order valence-electron chi connectivity index (χ3n) is 2.87. The number of piperidine rings is 1. The van der Waals surface area contributed by atoms with Gasteiger partial charge in [-0.3, -0.25) is 4.79 Å². The van der Waals surface area contributed by atoms with Crippen LogP contribution in [0.4, 0.5) is 18.9 Å². The number of halogens is 3. The Morgan fingerprint density at radius 1 is 1.33 bits per heavy atom. The molecule has 1 aromatic carbocycles. The van der Waals surface area contributed by atoms with E-state index in [1.54, 1.807) is 0 Å². The predicted molar refractivity (Wildman–Crippen MR) is 59.0 cm³/mol. The summed E-state index contributed by atoms with van der Waals surface area (Å²) < 4.78 is 37.7. The number of benzene rings is 1. The minimum Gasteiger partial charge on any atom is -0.391 e. The van der Waals surface area contributed by atoms with Crippen LogP contribution in [0.25, 0.3) is 0 Å². The molecule has 98 valence electrons. The minimum absolute atomic E-state index is 0.0418. The van der Waals surface area contributed by atoms with E-state index in [-0.39, 0.29) is 24.6 Å². The Kier molecular flexibility index (Phi) is 3.30. The number of amides is 1. The molecule has 1 N–H and O–H groups in total. The first-order chi connectivity index (χ1) is 8.38. The van der Waals surface area contributed by atoms with E-state index in [1.807, 2.05) is 0 Å². The summed E-state index contributed by atoms with van der Waals surface area (Å²) in [6.07, 6.45) is -4.61. The Morgan fingerprint density at radius 3 is 2.72 bits per heavy atom. The predicted octanol–water partition coefficient (Wildman–Crippen LogP) is 2.19. The lowest BCUT2D eigenvalue weighted by Gasteiger charge is -2.30. The first-order valence-corrected chi connectivity index (χ1v) is 5.53. The van der Waals surface area contributed by atoms with E-state index in [4.69, 9.17) is 0 Å². The van der Waals surface area contributed by atoms with Crippen molar-refractivity contribution in [3.8, 4) is 0 Å². The zero-order chi connectivity index (χ0) is 13.3. The first kappa shape index (κ1) is 12.9. The number of nitrogens with zero attached hydrogens (tertiary/aromatic N) is 1. The summed E-state index contributed by atoms with van der Waals surface area (Å²) in [7, 11) is 0. The van der Waals surface area contributed by atoms with Gasteiger partial charge in [0.15, 0.2) is 0 Å². The molecule has 0 bridgehead atoms. The molecule has 1 saturated heterocycles. The van der Waals surface area contributed by atoms with Crippen molar-refractivity contribution in [3.05, 3.63) is 29.8 Å². The van der Waals surface area contributed by atoms with Crippen LogP contribution in [-0.4, -0.2) is 23.7 Å². The number of carbonyl (C=O) groups is 1. The van der Waals surface area contributed by atoms with E-state index in [0.29, 0.717) is 6.42 Å². The lowest BCUT2D eigenvalue weighted by Crippen LogP contribution is -2.42. The van der Waals surface area contributed by atoms with Crippen LogP contribution < -0.4 is 4.90 Å². The van der Waals surface area contributed by atoms with Crippen LogP contribution in [0.5, 0.6) is 0 Å². The fourth-order valence-corrected chi connectivity index (χ4v) is 1.93. The highest BCUT2D eigenvalue weighted by molar-refractivity contribution is 5.94. The molecule has 1 aromatic rings. The summed E-state index contributed by atoms with van der Waals surface area (Å²) >= 11 is 0. The van der Waals surface area contributed by atoms with Gasteiger partial charge in [-0.05, 0) is 24.6 Å². The Morgan fingerprint density at radius 2 is 2.06 bits per heavy atom. The van der Waals surface area contributed by atoms with Gasteiger partial charge in [-0.2, -0.15) is 13.2 Å². The molecule has 1 aliphatic rings. The molecule has 1 aliphatic heterocycles.